The fourth-order valence-electron chi connectivity index (χ4n) is 0.803. The molecule has 0 saturated heterocycles. The topological polar surface area (TPSA) is 43.1 Å². The van der Waals surface area contributed by atoms with Gasteiger partial charge in [-0.15, -0.1) is 12.4 Å². The van der Waals surface area contributed by atoms with Crippen LogP contribution in [-0.4, -0.2) is 5.91 Å². The number of amides is 1. The van der Waals surface area contributed by atoms with Crippen molar-refractivity contribution in [3.8, 4) is 0 Å². The number of carbonyl (C=O) groups is 1. The van der Waals surface area contributed by atoms with Gasteiger partial charge in [0.05, 0.1) is 6.42 Å². The first-order valence-electron chi connectivity index (χ1n) is 3.21. The number of benzene rings is 1. The lowest BCUT2D eigenvalue weighted by Gasteiger charge is -1.95. The number of nitrogens with two attached hydrogens (primary N) is 1. The van der Waals surface area contributed by atoms with Gasteiger partial charge in [0, 0.05) is 4.47 Å². The van der Waals surface area contributed by atoms with Crippen molar-refractivity contribution in [3.05, 3.63) is 34.3 Å². The molecular formula is C8H9BrClNO. The van der Waals surface area contributed by atoms with Gasteiger partial charge in [-0.25, -0.2) is 0 Å². The monoisotopic (exact) mass is 249 g/mol. The summed E-state index contributed by atoms with van der Waals surface area (Å²) in [6, 6.07) is 7.51. The first-order chi connectivity index (χ1) is 5.18. The van der Waals surface area contributed by atoms with E-state index in [0.29, 0.717) is 6.42 Å². The molecule has 0 bridgehead atoms. The zero-order chi connectivity index (χ0) is 8.27. The van der Waals surface area contributed by atoms with Gasteiger partial charge in [-0.1, -0.05) is 28.1 Å². The third-order valence-electron chi connectivity index (χ3n) is 1.29. The van der Waals surface area contributed by atoms with Crippen LogP contribution >= 0.6 is 28.3 Å². The normalized spacial score (nSPS) is 8.75. The Hall–Kier alpha value is -0.540. The number of hydrogen-bond donors (Lipinski definition) is 1. The molecule has 1 rings (SSSR count). The van der Waals surface area contributed by atoms with Crippen molar-refractivity contribution in [2.75, 3.05) is 0 Å². The molecule has 0 fully saturated rings. The van der Waals surface area contributed by atoms with Crippen molar-refractivity contribution in [1.29, 1.82) is 0 Å². The Kier molecular flexibility index (Phi) is 4.93. The quantitative estimate of drug-likeness (QED) is 0.856. The minimum atomic E-state index is -0.299. The second-order valence-electron chi connectivity index (χ2n) is 2.27. The Morgan fingerprint density at radius 2 is 1.83 bits per heavy atom. The van der Waals surface area contributed by atoms with E-state index in [1.54, 1.807) is 0 Å². The molecule has 0 aliphatic carbocycles. The van der Waals surface area contributed by atoms with Gasteiger partial charge in [0.25, 0.3) is 0 Å². The molecular weight excluding hydrogens is 241 g/mol. The minimum absolute atomic E-state index is 0. The molecule has 0 heterocycles. The highest BCUT2D eigenvalue weighted by Crippen LogP contribution is 2.10. The molecule has 4 heteroatoms. The van der Waals surface area contributed by atoms with Gasteiger partial charge in [-0.05, 0) is 17.7 Å². The van der Waals surface area contributed by atoms with Crippen LogP contribution in [0.2, 0.25) is 0 Å². The van der Waals surface area contributed by atoms with E-state index in [1.165, 1.54) is 0 Å². The second-order valence-corrected chi connectivity index (χ2v) is 3.19. The molecule has 0 radical (unpaired) electrons. The first kappa shape index (κ1) is 11.5. The van der Waals surface area contributed by atoms with Crippen LogP contribution < -0.4 is 5.73 Å². The van der Waals surface area contributed by atoms with Gasteiger partial charge < -0.3 is 5.73 Å². The third-order valence-corrected chi connectivity index (χ3v) is 1.82. The van der Waals surface area contributed by atoms with Crippen LogP contribution in [0.3, 0.4) is 0 Å². The lowest BCUT2D eigenvalue weighted by Crippen LogP contribution is -2.13. The third kappa shape index (κ3) is 3.74. The van der Waals surface area contributed by atoms with Crippen LogP contribution in [0.25, 0.3) is 0 Å². The number of hydrogen-bond acceptors (Lipinski definition) is 1. The predicted molar refractivity (Wildman–Crippen MR) is 54.3 cm³/mol. The van der Waals surface area contributed by atoms with Crippen molar-refractivity contribution in [3.63, 3.8) is 0 Å². The lowest BCUT2D eigenvalue weighted by molar-refractivity contribution is -0.117. The second kappa shape index (κ2) is 5.17. The highest BCUT2D eigenvalue weighted by atomic mass is 79.9. The number of rotatable bonds is 2. The average molecular weight is 251 g/mol. The lowest BCUT2D eigenvalue weighted by atomic mass is 10.1. The van der Waals surface area contributed by atoms with Gasteiger partial charge in [0.2, 0.25) is 5.91 Å². The van der Waals surface area contributed by atoms with Crippen molar-refractivity contribution >= 4 is 34.2 Å². The van der Waals surface area contributed by atoms with Gasteiger partial charge in [0.1, 0.15) is 0 Å². The van der Waals surface area contributed by atoms with Crippen molar-refractivity contribution in [2.45, 2.75) is 6.42 Å². The molecule has 12 heavy (non-hydrogen) atoms. The summed E-state index contributed by atoms with van der Waals surface area (Å²) in [5.74, 6) is -0.299. The number of halogens is 2. The number of primary amides is 1. The van der Waals surface area contributed by atoms with E-state index < -0.39 is 0 Å². The summed E-state index contributed by atoms with van der Waals surface area (Å²) in [4.78, 5) is 10.5. The Bertz CT molecular complexity index is 260. The largest absolute Gasteiger partial charge is 0.369 e. The van der Waals surface area contributed by atoms with E-state index >= 15 is 0 Å². The van der Waals surface area contributed by atoms with E-state index in [-0.39, 0.29) is 18.3 Å². The Balaban J connectivity index is 0.00000121. The van der Waals surface area contributed by atoms with Crippen LogP contribution in [-0.2, 0) is 11.2 Å². The molecule has 0 atom stereocenters. The summed E-state index contributed by atoms with van der Waals surface area (Å²) in [5, 5.41) is 0. The summed E-state index contributed by atoms with van der Waals surface area (Å²) in [6.07, 6.45) is 0.313. The first-order valence-corrected chi connectivity index (χ1v) is 4.00. The van der Waals surface area contributed by atoms with Crippen LogP contribution in [0.15, 0.2) is 28.7 Å². The molecule has 2 N–H and O–H groups in total. The van der Waals surface area contributed by atoms with E-state index in [1.807, 2.05) is 24.3 Å². The zero-order valence-corrected chi connectivity index (χ0v) is 8.69. The van der Waals surface area contributed by atoms with E-state index in [2.05, 4.69) is 15.9 Å². The molecule has 0 aliphatic rings. The minimum Gasteiger partial charge on any atom is -0.369 e. The maximum atomic E-state index is 10.5. The molecule has 0 aromatic heterocycles. The van der Waals surface area contributed by atoms with Crippen LogP contribution in [0.1, 0.15) is 5.56 Å². The molecule has 1 amide bonds. The smallest absolute Gasteiger partial charge is 0.221 e. The molecule has 0 aliphatic heterocycles. The maximum Gasteiger partial charge on any atom is 0.221 e. The average Bonchev–Trinajstić information content (AvgIpc) is 1.93. The SMILES string of the molecule is Cl.NC(=O)Cc1ccc(Br)cc1. The molecule has 1 aromatic carbocycles. The van der Waals surface area contributed by atoms with E-state index in [0.717, 1.165) is 10.0 Å². The fourth-order valence-corrected chi connectivity index (χ4v) is 1.07. The summed E-state index contributed by atoms with van der Waals surface area (Å²) < 4.78 is 1.01. The zero-order valence-electron chi connectivity index (χ0n) is 6.29. The Morgan fingerprint density at radius 3 is 2.25 bits per heavy atom. The Labute approximate surface area is 85.7 Å². The number of carbonyl (C=O) groups excluding carboxylic acids is 1. The molecule has 0 spiro atoms. The van der Waals surface area contributed by atoms with Gasteiger partial charge in [-0.2, -0.15) is 0 Å². The molecule has 66 valence electrons. The van der Waals surface area contributed by atoms with Gasteiger partial charge >= 0.3 is 0 Å². The van der Waals surface area contributed by atoms with Gasteiger partial charge in [0.15, 0.2) is 0 Å². The molecule has 0 saturated carbocycles. The van der Waals surface area contributed by atoms with Crippen molar-refractivity contribution < 1.29 is 4.79 Å². The fraction of sp³-hybridized carbons (Fsp3) is 0.125. The highest BCUT2D eigenvalue weighted by Gasteiger charge is 1.96. The Morgan fingerprint density at radius 1 is 1.33 bits per heavy atom. The van der Waals surface area contributed by atoms with Crippen LogP contribution in [0, 0.1) is 0 Å². The predicted octanol–water partition coefficient (Wildman–Crippen LogP) is 1.90. The van der Waals surface area contributed by atoms with E-state index in [4.69, 9.17) is 5.73 Å². The van der Waals surface area contributed by atoms with Crippen molar-refractivity contribution in [1.82, 2.24) is 0 Å². The molecule has 2 nitrogen and oxygen atoms in total. The summed E-state index contributed by atoms with van der Waals surface area (Å²) in [6.45, 7) is 0. The summed E-state index contributed by atoms with van der Waals surface area (Å²) >= 11 is 3.30. The van der Waals surface area contributed by atoms with Crippen LogP contribution in [0.4, 0.5) is 0 Å². The van der Waals surface area contributed by atoms with Crippen LogP contribution in [0.5, 0.6) is 0 Å². The van der Waals surface area contributed by atoms with Crippen molar-refractivity contribution in [2.24, 2.45) is 5.73 Å². The maximum absolute atomic E-state index is 10.5. The highest BCUT2D eigenvalue weighted by molar-refractivity contribution is 9.10. The standard InChI is InChI=1S/C8H8BrNO.ClH/c9-7-3-1-6(2-4-7)5-8(10)11;/h1-4H,5H2,(H2,10,11);1H. The van der Waals surface area contributed by atoms with E-state index in [9.17, 15) is 4.79 Å². The summed E-state index contributed by atoms with van der Waals surface area (Å²) in [5.41, 5.74) is 5.96. The molecule has 0 unspecified atom stereocenters. The van der Waals surface area contributed by atoms with Gasteiger partial charge in [-0.3, -0.25) is 4.79 Å². The molecule has 1 aromatic rings. The summed E-state index contributed by atoms with van der Waals surface area (Å²) in [7, 11) is 0.